The fourth-order valence-corrected chi connectivity index (χ4v) is 2.62. The van der Waals surface area contributed by atoms with Gasteiger partial charge in [0.1, 0.15) is 0 Å². The summed E-state index contributed by atoms with van der Waals surface area (Å²) in [5.41, 5.74) is -1.81. The molecule has 132 valence electrons. The van der Waals surface area contributed by atoms with Gasteiger partial charge in [-0.3, -0.25) is 9.59 Å². The third kappa shape index (κ3) is 3.74. The molecule has 0 aliphatic rings. The first-order chi connectivity index (χ1) is 11.6. The van der Waals surface area contributed by atoms with E-state index in [4.69, 9.17) is 16.3 Å². The van der Waals surface area contributed by atoms with Crippen molar-refractivity contribution in [1.82, 2.24) is 4.98 Å². The summed E-state index contributed by atoms with van der Waals surface area (Å²) >= 11 is 5.92. The van der Waals surface area contributed by atoms with Crippen LogP contribution in [0, 0.1) is 5.41 Å². The van der Waals surface area contributed by atoms with Gasteiger partial charge in [0, 0.05) is 16.0 Å². The van der Waals surface area contributed by atoms with Crippen LogP contribution in [0.1, 0.15) is 26.3 Å². The maximum atomic E-state index is 12.9. The van der Waals surface area contributed by atoms with E-state index < -0.39 is 22.4 Å². The van der Waals surface area contributed by atoms with Gasteiger partial charge in [0.2, 0.25) is 0 Å². The van der Waals surface area contributed by atoms with Crippen LogP contribution in [0.4, 0.5) is 0 Å². The number of benzene rings is 1. The van der Waals surface area contributed by atoms with Crippen molar-refractivity contribution in [1.29, 1.82) is 0 Å². The molecule has 0 fully saturated rings. The summed E-state index contributed by atoms with van der Waals surface area (Å²) in [4.78, 5) is 39.5. The van der Waals surface area contributed by atoms with Crippen LogP contribution < -0.4 is 15.7 Å². The highest BCUT2D eigenvalue weighted by Gasteiger charge is 2.25. The van der Waals surface area contributed by atoms with Crippen LogP contribution >= 0.6 is 11.6 Å². The van der Waals surface area contributed by atoms with E-state index in [1.165, 1.54) is 31.4 Å². The Morgan fingerprint density at radius 3 is 2.44 bits per heavy atom. The maximum absolute atomic E-state index is 12.9. The van der Waals surface area contributed by atoms with Crippen LogP contribution in [0.25, 0.3) is 17.0 Å². The molecule has 2 rings (SSSR count). The van der Waals surface area contributed by atoms with Crippen molar-refractivity contribution < 1.29 is 14.6 Å². The molecular formula is C18H18ClNO5. The highest BCUT2D eigenvalue weighted by atomic mass is 35.5. The van der Waals surface area contributed by atoms with Gasteiger partial charge in [0.15, 0.2) is 11.2 Å². The Labute approximate surface area is 148 Å². The number of fused-ring (bicyclic) bond motifs is 1. The van der Waals surface area contributed by atoms with E-state index >= 15 is 0 Å². The molecule has 1 aromatic heterocycles. The molecule has 0 radical (unpaired) electrons. The number of hydrogen-bond acceptors (Lipinski definition) is 4. The molecule has 25 heavy (non-hydrogen) atoms. The molecule has 0 spiro atoms. The topological polar surface area (TPSA) is 96.5 Å². The summed E-state index contributed by atoms with van der Waals surface area (Å²) < 4.78 is 5.10. The lowest BCUT2D eigenvalue weighted by molar-refractivity contribution is -0.133. The zero-order valence-corrected chi connectivity index (χ0v) is 15.0. The molecule has 1 heterocycles. The van der Waals surface area contributed by atoms with Gasteiger partial charge in [-0.1, -0.05) is 32.4 Å². The van der Waals surface area contributed by atoms with Crippen molar-refractivity contribution in [3.63, 3.8) is 0 Å². The Morgan fingerprint density at radius 2 is 1.92 bits per heavy atom. The van der Waals surface area contributed by atoms with E-state index in [9.17, 15) is 19.5 Å². The molecule has 2 aromatic rings. The number of aliphatic carboxylic acids is 1. The van der Waals surface area contributed by atoms with Crippen LogP contribution in [0.3, 0.4) is 0 Å². The van der Waals surface area contributed by atoms with E-state index in [2.05, 4.69) is 4.98 Å². The summed E-state index contributed by atoms with van der Waals surface area (Å²) in [7, 11) is 1.25. The Morgan fingerprint density at radius 1 is 1.28 bits per heavy atom. The predicted molar refractivity (Wildman–Crippen MR) is 97.5 cm³/mol. The summed E-state index contributed by atoms with van der Waals surface area (Å²) in [6.45, 7) is 5.11. The third-order valence-electron chi connectivity index (χ3n) is 3.70. The second kappa shape index (κ2) is 6.72. The normalized spacial score (nSPS) is 12.3. The standard InChI is InChI=1S/C18H18ClNO5/c1-18(2,3)12(17(23)24)8-11-14(21)10-6-5-9(19)7-13(10)20-16(22)15(11)25-4/h5-8H,1-4H3,(H,20,22)(H,23,24)/b12-8+. The number of hydrogen-bond donors (Lipinski definition) is 2. The molecule has 6 nitrogen and oxygen atoms in total. The number of nitrogens with one attached hydrogen (secondary N) is 1. The summed E-state index contributed by atoms with van der Waals surface area (Å²) in [6.07, 6.45) is 1.20. The Hall–Kier alpha value is -2.60. The van der Waals surface area contributed by atoms with Crippen LogP contribution in [-0.2, 0) is 4.79 Å². The molecule has 0 saturated heterocycles. The second-order valence-corrected chi connectivity index (χ2v) is 6.97. The van der Waals surface area contributed by atoms with Crippen molar-refractivity contribution >= 4 is 34.5 Å². The molecule has 0 unspecified atom stereocenters. The molecule has 0 saturated carbocycles. The lowest BCUT2D eigenvalue weighted by Crippen LogP contribution is -2.19. The molecule has 0 bridgehead atoms. The molecule has 0 aliphatic heterocycles. The minimum absolute atomic E-state index is 0.0180. The van der Waals surface area contributed by atoms with Crippen LogP contribution in [0.5, 0.6) is 5.75 Å². The number of aromatic amines is 1. The van der Waals surface area contributed by atoms with Gasteiger partial charge in [-0.25, -0.2) is 4.79 Å². The van der Waals surface area contributed by atoms with Crippen molar-refractivity contribution in [2.45, 2.75) is 20.8 Å². The largest absolute Gasteiger partial charge is 0.491 e. The number of carboxylic acids is 1. The van der Waals surface area contributed by atoms with Crippen molar-refractivity contribution in [3.05, 3.63) is 54.9 Å². The quantitative estimate of drug-likeness (QED) is 0.817. The average molecular weight is 364 g/mol. The first-order valence-corrected chi connectivity index (χ1v) is 7.83. The Bertz CT molecular complexity index is 999. The zero-order valence-electron chi connectivity index (χ0n) is 14.3. The van der Waals surface area contributed by atoms with E-state index in [0.29, 0.717) is 5.02 Å². The zero-order chi connectivity index (χ0) is 18.9. The number of H-pyrrole nitrogens is 1. The fraction of sp³-hybridized carbons (Fsp3) is 0.278. The van der Waals surface area contributed by atoms with E-state index in [1.54, 1.807) is 20.8 Å². The van der Waals surface area contributed by atoms with Gasteiger partial charge < -0.3 is 14.8 Å². The number of aromatic nitrogens is 1. The SMILES string of the molecule is COc1c(/C=C(\C(=O)O)C(C)(C)C)c(=O)c2ccc(Cl)cc2[nH]c1=O. The molecule has 0 aliphatic carbocycles. The minimum atomic E-state index is -1.18. The van der Waals surface area contributed by atoms with Gasteiger partial charge >= 0.3 is 5.97 Å². The number of carboxylic acid groups (broad SMARTS) is 1. The summed E-state index contributed by atoms with van der Waals surface area (Å²) in [5.74, 6) is -1.43. The molecule has 7 heteroatoms. The fourth-order valence-electron chi connectivity index (χ4n) is 2.44. The van der Waals surface area contributed by atoms with Gasteiger partial charge in [0.05, 0.1) is 18.2 Å². The number of ether oxygens (including phenoxy) is 1. The van der Waals surface area contributed by atoms with Gasteiger partial charge in [-0.15, -0.1) is 0 Å². The van der Waals surface area contributed by atoms with Crippen LogP contribution in [-0.4, -0.2) is 23.2 Å². The van der Waals surface area contributed by atoms with Gasteiger partial charge in [0.25, 0.3) is 5.56 Å². The Balaban J connectivity index is 3.05. The first-order valence-electron chi connectivity index (χ1n) is 7.45. The van der Waals surface area contributed by atoms with Gasteiger partial charge in [-0.05, 0) is 29.7 Å². The first kappa shape index (κ1) is 18.7. The van der Waals surface area contributed by atoms with E-state index in [0.717, 1.165) is 0 Å². The highest BCUT2D eigenvalue weighted by Crippen LogP contribution is 2.28. The minimum Gasteiger partial charge on any atom is -0.491 e. The molecule has 2 N–H and O–H groups in total. The molecule has 0 atom stereocenters. The lowest BCUT2D eigenvalue weighted by Gasteiger charge is -2.19. The maximum Gasteiger partial charge on any atom is 0.332 e. The molecule has 0 amide bonds. The molecular weight excluding hydrogens is 346 g/mol. The van der Waals surface area contributed by atoms with Crippen molar-refractivity contribution in [2.75, 3.05) is 7.11 Å². The highest BCUT2D eigenvalue weighted by molar-refractivity contribution is 6.31. The summed E-state index contributed by atoms with van der Waals surface area (Å²) in [6, 6.07) is 4.45. The lowest BCUT2D eigenvalue weighted by atomic mass is 9.85. The van der Waals surface area contributed by atoms with Crippen LogP contribution in [0.2, 0.25) is 5.02 Å². The third-order valence-corrected chi connectivity index (χ3v) is 3.94. The average Bonchev–Trinajstić information content (AvgIpc) is 2.57. The monoisotopic (exact) mass is 363 g/mol. The molecule has 1 aromatic carbocycles. The Kier molecular flexibility index (Phi) is 5.04. The number of methoxy groups -OCH3 is 1. The van der Waals surface area contributed by atoms with E-state index in [-0.39, 0.29) is 27.8 Å². The van der Waals surface area contributed by atoms with Gasteiger partial charge in [-0.2, -0.15) is 0 Å². The number of rotatable bonds is 3. The smallest absolute Gasteiger partial charge is 0.332 e. The number of halogens is 1. The van der Waals surface area contributed by atoms with Crippen molar-refractivity contribution in [3.8, 4) is 5.75 Å². The second-order valence-electron chi connectivity index (χ2n) is 6.53. The summed E-state index contributed by atoms with van der Waals surface area (Å²) in [5, 5.41) is 10.0. The van der Waals surface area contributed by atoms with E-state index in [1.807, 2.05) is 0 Å². The van der Waals surface area contributed by atoms with Crippen molar-refractivity contribution in [2.24, 2.45) is 5.41 Å². The number of carbonyl (C=O) groups is 1. The predicted octanol–water partition coefficient (Wildman–Crippen LogP) is 3.06. The van der Waals surface area contributed by atoms with Crippen LogP contribution in [0.15, 0.2) is 33.4 Å².